The minimum atomic E-state index is -0.201. The maximum absolute atomic E-state index is 13.3. The summed E-state index contributed by atoms with van der Waals surface area (Å²) in [5.74, 6) is 1.37. The molecule has 0 bridgehead atoms. The van der Waals surface area contributed by atoms with Crippen LogP contribution in [0, 0.1) is 12.8 Å². The summed E-state index contributed by atoms with van der Waals surface area (Å²) >= 11 is 0. The fourth-order valence-corrected chi connectivity index (χ4v) is 5.22. The number of fused-ring (bicyclic) bond motifs is 1. The zero-order valence-corrected chi connectivity index (χ0v) is 18.3. The van der Waals surface area contributed by atoms with Gasteiger partial charge in [0.2, 0.25) is 5.82 Å². The number of nitrogens with one attached hydrogen (secondary N) is 2. The molecule has 4 atom stereocenters. The van der Waals surface area contributed by atoms with Crippen molar-refractivity contribution in [3.8, 4) is 0 Å². The third-order valence-corrected chi connectivity index (χ3v) is 6.77. The molecule has 8 nitrogen and oxygen atoms in total. The molecule has 0 saturated carbocycles. The molecule has 2 N–H and O–H groups in total. The Morgan fingerprint density at radius 2 is 2.19 bits per heavy atom. The van der Waals surface area contributed by atoms with Crippen LogP contribution in [0.4, 0.5) is 0 Å². The Morgan fingerprint density at radius 1 is 1.29 bits per heavy atom. The average Bonchev–Trinajstić information content (AvgIpc) is 3.42. The van der Waals surface area contributed by atoms with Crippen molar-refractivity contribution in [1.82, 2.24) is 25.2 Å². The van der Waals surface area contributed by atoms with E-state index in [9.17, 15) is 4.79 Å². The van der Waals surface area contributed by atoms with Crippen LogP contribution in [0.5, 0.6) is 0 Å². The molecule has 2 aliphatic rings. The molecular formula is C23H31N6O2+. The zero-order chi connectivity index (χ0) is 21.4. The number of benzene rings is 1. The van der Waals surface area contributed by atoms with Crippen LogP contribution in [-0.2, 0) is 11.3 Å². The molecule has 164 valence electrons. The Balaban J connectivity index is 1.60. The van der Waals surface area contributed by atoms with Crippen LogP contribution in [0.2, 0.25) is 0 Å². The fourth-order valence-electron chi connectivity index (χ4n) is 5.22. The van der Waals surface area contributed by atoms with Gasteiger partial charge in [0, 0.05) is 18.0 Å². The van der Waals surface area contributed by atoms with Gasteiger partial charge in [-0.1, -0.05) is 18.6 Å². The van der Waals surface area contributed by atoms with Crippen molar-refractivity contribution in [1.29, 1.82) is 0 Å². The van der Waals surface area contributed by atoms with Crippen LogP contribution in [0.3, 0.4) is 0 Å². The Kier molecular flexibility index (Phi) is 5.58. The van der Waals surface area contributed by atoms with E-state index in [1.165, 1.54) is 16.9 Å². The van der Waals surface area contributed by atoms with E-state index in [1.807, 2.05) is 22.9 Å². The predicted octanol–water partition coefficient (Wildman–Crippen LogP) is 1.41. The first-order valence-electron chi connectivity index (χ1n) is 11.4. The zero-order valence-electron chi connectivity index (χ0n) is 18.3. The smallest absolute Gasteiger partial charge is 0.258 e. The van der Waals surface area contributed by atoms with Crippen molar-refractivity contribution in [2.24, 2.45) is 5.92 Å². The lowest BCUT2D eigenvalue weighted by Crippen LogP contribution is -3.14. The first-order chi connectivity index (χ1) is 15.1. The molecular weight excluding hydrogens is 392 g/mol. The highest BCUT2D eigenvalue weighted by molar-refractivity contribution is 5.79. The molecule has 31 heavy (non-hydrogen) atoms. The first-order valence-corrected chi connectivity index (χ1v) is 11.4. The van der Waals surface area contributed by atoms with Gasteiger partial charge in [0.25, 0.3) is 5.56 Å². The van der Waals surface area contributed by atoms with E-state index in [0.29, 0.717) is 12.5 Å². The summed E-state index contributed by atoms with van der Waals surface area (Å²) in [6.07, 6.45) is 4.60. The minimum Gasteiger partial charge on any atom is -0.376 e. The summed E-state index contributed by atoms with van der Waals surface area (Å²) in [5.41, 5.74) is 2.72. The number of hydrogen-bond acceptors (Lipinski definition) is 5. The second kappa shape index (κ2) is 8.51. The van der Waals surface area contributed by atoms with Gasteiger partial charge in [-0.2, -0.15) is 0 Å². The molecule has 2 aliphatic heterocycles. The summed E-state index contributed by atoms with van der Waals surface area (Å²) in [5, 5.41) is 13.8. The van der Waals surface area contributed by atoms with Gasteiger partial charge >= 0.3 is 0 Å². The van der Waals surface area contributed by atoms with Crippen molar-refractivity contribution < 1.29 is 9.64 Å². The van der Waals surface area contributed by atoms with Gasteiger partial charge in [-0.15, -0.1) is 5.10 Å². The highest BCUT2D eigenvalue weighted by Crippen LogP contribution is 2.22. The van der Waals surface area contributed by atoms with E-state index < -0.39 is 0 Å². The molecule has 1 unspecified atom stereocenters. The number of nitrogens with zero attached hydrogens (tertiary/aromatic N) is 4. The summed E-state index contributed by atoms with van der Waals surface area (Å²) in [6, 6.07) is 7.96. The van der Waals surface area contributed by atoms with Crippen molar-refractivity contribution >= 4 is 10.9 Å². The molecule has 0 spiro atoms. The Bertz CT molecular complexity index is 1120. The van der Waals surface area contributed by atoms with Gasteiger partial charge < -0.3 is 14.6 Å². The van der Waals surface area contributed by atoms with Crippen LogP contribution in [0.1, 0.15) is 55.6 Å². The highest BCUT2D eigenvalue weighted by atomic mass is 16.5. The second-order valence-electron chi connectivity index (χ2n) is 9.29. The molecule has 4 heterocycles. The number of pyridine rings is 1. The Hall–Kier alpha value is -2.58. The largest absolute Gasteiger partial charge is 0.376 e. The van der Waals surface area contributed by atoms with E-state index in [1.54, 1.807) is 0 Å². The molecule has 2 aromatic heterocycles. The number of tetrazole rings is 1. The Morgan fingerprint density at radius 3 is 3.00 bits per heavy atom. The summed E-state index contributed by atoms with van der Waals surface area (Å²) in [4.78, 5) is 17.7. The van der Waals surface area contributed by atoms with E-state index in [-0.39, 0.29) is 17.7 Å². The summed E-state index contributed by atoms with van der Waals surface area (Å²) in [7, 11) is 0. The van der Waals surface area contributed by atoms with Crippen LogP contribution in [-0.4, -0.2) is 51.0 Å². The van der Waals surface area contributed by atoms with Crippen molar-refractivity contribution in [2.45, 2.75) is 58.2 Å². The van der Waals surface area contributed by atoms with Crippen LogP contribution >= 0.6 is 0 Å². The van der Waals surface area contributed by atoms with Crippen LogP contribution < -0.4 is 10.5 Å². The quantitative estimate of drug-likeness (QED) is 0.648. The van der Waals surface area contributed by atoms with E-state index in [0.717, 1.165) is 61.2 Å². The number of aromatic nitrogens is 5. The van der Waals surface area contributed by atoms with Gasteiger partial charge in [-0.3, -0.25) is 4.79 Å². The van der Waals surface area contributed by atoms with Crippen LogP contribution in [0.15, 0.2) is 29.1 Å². The maximum Gasteiger partial charge on any atom is 0.258 e. The van der Waals surface area contributed by atoms with Gasteiger partial charge in [0.1, 0.15) is 0 Å². The third-order valence-electron chi connectivity index (χ3n) is 6.77. The highest BCUT2D eigenvalue weighted by Gasteiger charge is 2.37. The molecule has 2 fully saturated rings. The fraction of sp³-hybridized carbons (Fsp3) is 0.565. The SMILES string of the molecule is Cc1ccc2[nH]c(=O)c([C@@H](c3nnnn3C[C@H]3CCCO3)[NH+]3CCC[C@H](C)C3)cc2c1. The van der Waals surface area contributed by atoms with E-state index >= 15 is 0 Å². The van der Waals surface area contributed by atoms with E-state index in [2.05, 4.69) is 40.4 Å². The molecule has 8 heteroatoms. The van der Waals surface area contributed by atoms with E-state index in [4.69, 9.17) is 4.74 Å². The van der Waals surface area contributed by atoms with Gasteiger partial charge in [-0.05, 0) is 66.6 Å². The Labute approximate surface area is 181 Å². The lowest BCUT2D eigenvalue weighted by Gasteiger charge is -2.33. The van der Waals surface area contributed by atoms with Crippen LogP contribution in [0.25, 0.3) is 10.9 Å². The number of aryl methyl sites for hydroxylation is 1. The number of rotatable bonds is 5. The topological polar surface area (TPSA) is 90.1 Å². The molecule has 1 aromatic carbocycles. The molecule has 3 aromatic rings. The number of quaternary nitrogens is 1. The molecule has 0 radical (unpaired) electrons. The van der Waals surface area contributed by atoms with Crippen molar-refractivity contribution in [3.05, 3.63) is 51.6 Å². The third kappa shape index (κ3) is 4.14. The summed E-state index contributed by atoms with van der Waals surface area (Å²) < 4.78 is 7.70. The van der Waals surface area contributed by atoms with Gasteiger partial charge in [0.15, 0.2) is 6.04 Å². The molecule has 2 saturated heterocycles. The second-order valence-corrected chi connectivity index (χ2v) is 9.29. The van der Waals surface area contributed by atoms with Crippen molar-refractivity contribution in [2.75, 3.05) is 19.7 Å². The maximum atomic E-state index is 13.3. The van der Waals surface area contributed by atoms with Gasteiger partial charge in [0.05, 0.1) is 31.3 Å². The number of hydrogen-bond donors (Lipinski definition) is 2. The number of piperidine rings is 1. The normalized spacial score (nSPS) is 25.2. The number of likely N-dealkylation sites (tertiary alicyclic amines) is 1. The van der Waals surface area contributed by atoms with Crippen molar-refractivity contribution in [3.63, 3.8) is 0 Å². The molecule has 5 rings (SSSR count). The lowest BCUT2D eigenvalue weighted by atomic mass is 9.95. The summed E-state index contributed by atoms with van der Waals surface area (Å²) in [6.45, 7) is 7.80. The lowest BCUT2D eigenvalue weighted by molar-refractivity contribution is -0.934. The predicted molar refractivity (Wildman–Crippen MR) is 117 cm³/mol. The standard InChI is InChI=1S/C23H30N6O2/c1-15-7-8-20-17(11-15)12-19(23(30)24-20)21(28-9-3-5-16(2)13-28)22-25-26-27-29(22)14-18-6-4-10-31-18/h7-8,11-12,16,18,21H,3-6,9-10,13-14H2,1-2H3,(H,24,30)/p+1/t16-,18+,21-/m0/s1. The number of ether oxygens (including phenoxy) is 1. The number of H-pyrrole nitrogens is 1. The van der Waals surface area contributed by atoms with Gasteiger partial charge in [-0.25, -0.2) is 4.68 Å². The average molecular weight is 424 g/mol. The monoisotopic (exact) mass is 423 g/mol. The minimum absolute atomic E-state index is 0.0567. The number of aromatic amines is 1. The molecule has 0 amide bonds. The first kappa shape index (κ1) is 20.3. The molecule has 0 aliphatic carbocycles.